The third kappa shape index (κ3) is 8.93. The fourth-order valence-electron chi connectivity index (χ4n) is 3.96. The normalized spacial score (nSPS) is 12.6. The molecule has 1 amide bonds. The Bertz CT molecular complexity index is 940. The number of benzene rings is 2. The van der Waals surface area contributed by atoms with E-state index in [-0.39, 0.29) is 24.9 Å². The van der Waals surface area contributed by atoms with Crippen LogP contribution in [0.25, 0.3) is 11.1 Å². The van der Waals surface area contributed by atoms with Crippen molar-refractivity contribution in [2.75, 3.05) is 52.8 Å². The lowest BCUT2D eigenvalue weighted by Crippen LogP contribution is -2.29. The molecule has 2 aromatic carbocycles. The number of rotatable bonds is 14. The van der Waals surface area contributed by atoms with Gasteiger partial charge in [-0.2, -0.15) is 0 Å². The van der Waals surface area contributed by atoms with Crippen LogP contribution in [0.2, 0.25) is 0 Å². The molecule has 0 spiro atoms. The molecule has 0 heterocycles. The number of carbonyl (C=O) groups excluding carboxylic acids is 2. The molecule has 1 N–H and O–H groups in total. The molecule has 0 saturated carbocycles. The zero-order valence-corrected chi connectivity index (χ0v) is 21.4. The molecular weight excluding hydrogens is 462 g/mol. The van der Waals surface area contributed by atoms with E-state index in [0.29, 0.717) is 46.2 Å². The van der Waals surface area contributed by atoms with E-state index in [9.17, 15) is 9.59 Å². The average Bonchev–Trinajstić information content (AvgIpc) is 3.16. The van der Waals surface area contributed by atoms with E-state index in [1.54, 1.807) is 0 Å². The molecule has 2 aromatic rings. The van der Waals surface area contributed by atoms with Gasteiger partial charge >= 0.3 is 12.1 Å². The standard InChI is InChI=1S/C28H37NO7/c1-28(2,3)36-26(30)12-14-32-16-18-34-19-17-33-15-13-29-27(31)35-20-25-23-10-6-4-8-21(23)22-9-5-7-11-24(22)25/h4-11,25H,12-20H2,1-3H3,(H,29,31). The highest BCUT2D eigenvalue weighted by Gasteiger charge is 2.28. The van der Waals surface area contributed by atoms with E-state index in [1.807, 2.05) is 45.0 Å². The number of alkyl carbamates (subject to hydrolysis) is 1. The molecule has 8 nitrogen and oxygen atoms in total. The first kappa shape index (κ1) is 27.6. The van der Waals surface area contributed by atoms with Crippen LogP contribution < -0.4 is 5.32 Å². The minimum atomic E-state index is -0.481. The zero-order valence-electron chi connectivity index (χ0n) is 21.4. The molecule has 196 valence electrons. The van der Waals surface area contributed by atoms with E-state index >= 15 is 0 Å². The Morgan fingerprint density at radius 1 is 0.778 bits per heavy atom. The van der Waals surface area contributed by atoms with Crippen molar-refractivity contribution in [3.63, 3.8) is 0 Å². The van der Waals surface area contributed by atoms with Gasteiger partial charge in [-0.25, -0.2) is 4.79 Å². The third-order valence-electron chi connectivity index (χ3n) is 5.47. The number of ether oxygens (including phenoxy) is 5. The summed E-state index contributed by atoms with van der Waals surface area (Å²) in [6.45, 7) is 8.43. The summed E-state index contributed by atoms with van der Waals surface area (Å²) in [5, 5.41) is 2.72. The fourth-order valence-corrected chi connectivity index (χ4v) is 3.96. The molecule has 0 fully saturated rings. The van der Waals surface area contributed by atoms with Gasteiger partial charge in [-0.3, -0.25) is 4.79 Å². The second-order valence-corrected chi connectivity index (χ2v) is 9.43. The average molecular weight is 500 g/mol. The number of amides is 1. The molecule has 0 saturated heterocycles. The summed E-state index contributed by atoms with van der Waals surface area (Å²) >= 11 is 0. The Morgan fingerprint density at radius 2 is 1.31 bits per heavy atom. The zero-order chi connectivity index (χ0) is 25.8. The summed E-state index contributed by atoms with van der Waals surface area (Å²) in [6.07, 6.45) is -0.239. The number of nitrogens with one attached hydrogen (secondary N) is 1. The third-order valence-corrected chi connectivity index (χ3v) is 5.47. The largest absolute Gasteiger partial charge is 0.460 e. The molecule has 8 heteroatoms. The summed E-state index contributed by atoms with van der Waals surface area (Å²) < 4.78 is 27.0. The van der Waals surface area contributed by atoms with Crippen LogP contribution >= 0.6 is 0 Å². The highest BCUT2D eigenvalue weighted by atomic mass is 16.6. The highest BCUT2D eigenvalue weighted by molar-refractivity contribution is 5.79. The van der Waals surface area contributed by atoms with Gasteiger partial charge in [-0.1, -0.05) is 48.5 Å². The molecule has 0 atom stereocenters. The van der Waals surface area contributed by atoms with Gasteiger partial charge < -0.3 is 29.0 Å². The number of hydrogen-bond donors (Lipinski definition) is 1. The molecule has 36 heavy (non-hydrogen) atoms. The van der Waals surface area contributed by atoms with Crippen molar-refractivity contribution in [1.29, 1.82) is 0 Å². The van der Waals surface area contributed by atoms with E-state index < -0.39 is 11.7 Å². The molecule has 0 bridgehead atoms. The summed E-state index contributed by atoms with van der Waals surface area (Å²) in [5.41, 5.74) is 4.28. The Labute approximate surface area is 213 Å². The van der Waals surface area contributed by atoms with Gasteiger partial charge in [0.25, 0.3) is 0 Å². The maximum atomic E-state index is 12.1. The molecule has 3 rings (SSSR count). The lowest BCUT2D eigenvalue weighted by Gasteiger charge is -2.19. The van der Waals surface area contributed by atoms with Crippen LogP contribution in [0.4, 0.5) is 4.79 Å². The van der Waals surface area contributed by atoms with Gasteiger partial charge in [-0.05, 0) is 43.0 Å². The summed E-state index contributed by atoms with van der Waals surface area (Å²) in [6, 6.07) is 16.5. The number of hydrogen-bond acceptors (Lipinski definition) is 7. The quantitative estimate of drug-likeness (QED) is 0.306. The predicted molar refractivity (Wildman–Crippen MR) is 136 cm³/mol. The summed E-state index contributed by atoms with van der Waals surface area (Å²) in [7, 11) is 0. The van der Waals surface area contributed by atoms with Crippen molar-refractivity contribution >= 4 is 12.1 Å². The number of carbonyl (C=O) groups is 2. The summed E-state index contributed by atoms with van der Waals surface area (Å²) in [5.74, 6) is -0.235. The Kier molecular flexibility index (Phi) is 10.7. The van der Waals surface area contributed by atoms with Gasteiger partial charge in [0.2, 0.25) is 0 Å². The van der Waals surface area contributed by atoms with Crippen LogP contribution in [0, 0.1) is 0 Å². The van der Waals surface area contributed by atoms with E-state index in [1.165, 1.54) is 22.3 Å². The molecule has 0 aliphatic heterocycles. The minimum absolute atomic E-state index is 0.0397. The second-order valence-electron chi connectivity index (χ2n) is 9.43. The van der Waals surface area contributed by atoms with E-state index in [0.717, 1.165) is 0 Å². The maximum absolute atomic E-state index is 12.1. The summed E-state index contributed by atoms with van der Waals surface area (Å²) in [4.78, 5) is 23.7. The Balaban J connectivity index is 1.18. The molecule has 0 radical (unpaired) electrons. The lowest BCUT2D eigenvalue weighted by molar-refractivity contribution is -0.156. The van der Waals surface area contributed by atoms with Crippen molar-refractivity contribution < 1.29 is 33.3 Å². The van der Waals surface area contributed by atoms with Gasteiger partial charge in [0.05, 0.1) is 46.1 Å². The van der Waals surface area contributed by atoms with Gasteiger partial charge in [0.1, 0.15) is 12.2 Å². The van der Waals surface area contributed by atoms with Crippen LogP contribution in [-0.4, -0.2) is 70.5 Å². The SMILES string of the molecule is CC(C)(C)OC(=O)CCOCCOCCOCCNC(=O)OCC1c2ccccc2-c2ccccc21. The van der Waals surface area contributed by atoms with Crippen LogP contribution in [0.15, 0.2) is 48.5 Å². The van der Waals surface area contributed by atoms with Crippen LogP contribution in [0.3, 0.4) is 0 Å². The first-order chi connectivity index (χ1) is 17.3. The monoisotopic (exact) mass is 499 g/mol. The Hall–Kier alpha value is -2.94. The highest BCUT2D eigenvalue weighted by Crippen LogP contribution is 2.44. The first-order valence-corrected chi connectivity index (χ1v) is 12.4. The minimum Gasteiger partial charge on any atom is -0.460 e. The maximum Gasteiger partial charge on any atom is 0.407 e. The molecule has 0 aromatic heterocycles. The van der Waals surface area contributed by atoms with Crippen molar-refractivity contribution in [3.05, 3.63) is 59.7 Å². The van der Waals surface area contributed by atoms with Crippen molar-refractivity contribution in [3.8, 4) is 11.1 Å². The van der Waals surface area contributed by atoms with E-state index in [4.69, 9.17) is 23.7 Å². The van der Waals surface area contributed by atoms with Gasteiger partial charge in [0, 0.05) is 12.5 Å². The van der Waals surface area contributed by atoms with Gasteiger partial charge in [0.15, 0.2) is 0 Å². The van der Waals surface area contributed by atoms with Crippen LogP contribution in [0.1, 0.15) is 44.2 Å². The van der Waals surface area contributed by atoms with Crippen LogP contribution in [0.5, 0.6) is 0 Å². The molecule has 1 aliphatic carbocycles. The predicted octanol–water partition coefficient (Wildman–Crippen LogP) is 4.31. The second kappa shape index (κ2) is 14.0. The number of esters is 1. The lowest BCUT2D eigenvalue weighted by atomic mass is 9.98. The van der Waals surface area contributed by atoms with Crippen LogP contribution in [-0.2, 0) is 28.5 Å². The molecular formula is C28H37NO7. The number of fused-ring (bicyclic) bond motifs is 3. The van der Waals surface area contributed by atoms with Gasteiger partial charge in [-0.15, -0.1) is 0 Å². The smallest absolute Gasteiger partial charge is 0.407 e. The van der Waals surface area contributed by atoms with Crippen molar-refractivity contribution in [1.82, 2.24) is 5.32 Å². The Morgan fingerprint density at radius 3 is 1.89 bits per heavy atom. The molecule has 0 unspecified atom stereocenters. The van der Waals surface area contributed by atoms with E-state index in [2.05, 4.69) is 29.6 Å². The topological polar surface area (TPSA) is 92.3 Å². The fraction of sp³-hybridized carbons (Fsp3) is 0.500. The molecule has 1 aliphatic rings. The van der Waals surface area contributed by atoms with Crippen molar-refractivity contribution in [2.45, 2.75) is 38.7 Å². The first-order valence-electron chi connectivity index (χ1n) is 12.4. The van der Waals surface area contributed by atoms with Crippen molar-refractivity contribution in [2.24, 2.45) is 0 Å².